The van der Waals surface area contributed by atoms with Gasteiger partial charge in [0, 0.05) is 13.1 Å². The molecule has 0 aromatic heterocycles. The normalized spacial score (nSPS) is 23.3. The summed E-state index contributed by atoms with van der Waals surface area (Å²) in [5.41, 5.74) is 0.190. The molecule has 0 radical (unpaired) electrons. The standard InChI is InChI=1S/C17H23NO3/c1-12(2)14(13-7-5-4-6-8-13)15(19)18-10-9-17(3,11-18)16(20)21/h4-8,12,14H,9-11H2,1-3H3,(H,20,21). The van der Waals surface area contributed by atoms with Crippen molar-refractivity contribution in [2.45, 2.75) is 33.1 Å². The van der Waals surface area contributed by atoms with Gasteiger partial charge >= 0.3 is 5.97 Å². The van der Waals surface area contributed by atoms with Gasteiger partial charge in [-0.25, -0.2) is 0 Å². The van der Waals surface area contributed by atoms with E-state index in [1.807, 2.05) is 44.2 Å². The molecule has 1 N–H and O–H groups in total. The van der Waals surface area contributed by atoms with Gasteiger partial charge in [0.25, 0.3) is 0 Å². The van der Waals surface area contributed by atoms with Gasteiger partial charge in [0.15, 0.2) is 0 Å². The lowest BCUT2D eigenvalue weighted by molar-refractivity contribution is -0.147. The molecular weight excluding hydrogens is 266 g/mol. The maximum Gasteiger partial charge on any atom is 0.311 e. The summed E-state index contributed by atoms with van der Waals surface area (Å²) in [6.45, 7) is 6.61. The number of nitrogens with zero attached hydrogens (tertiary/aromatic N) is 1. The van der Waals surface area contributed by atoms with Gasteiger partial charge in [0.05, 0.1) is 11.3 Å². The lowest BCUT2D eigenvalue weighted by atomic mass is 9.87. The highest BCUT2D eigenvalue weighted by Gasteiger charge is 2.43. The van der Waals surface area contributed by atoms with Gasteiger partial charge < -0.3 is 10.0 Å². The fraction of sp³-hybridized carbons (Fsp3) is 0.529. The van der Waals surface area contributed by atoms with E-state index < -0.39 is 11.4 Å². The van der Waals surface area contributed by atoms with Crippen LogP contribution in [0.25, 0.3) is 0 Å². The van der Waals surface area contributed by atoms with Crippen molar-refractivity contribution in [1.82, 2.24) is 4.90 Å². The molecule has 0 bridgehead atoms. The maximum atomic E-state index is 12.8. The number of carboxylic acids is 1. The highest BCUT2D eigenvalue weighted by molar-refractivity contribution is 5.86. The lowest BCUT2D eigenvalue weighted by Crippen LogP contribution is -2.38. The molecule has 2 rings (SSSR count). The SMILES string of the molecule is CC(C)C(C(=O)N1CCC(C)(C(=O)O)C1)c1ccccc1. The summed E-state index contributed by atoms with van der Waals surface area (Å²) < 4.78 is 0. The minimum Gasteiger partial charge on any atom is -0.481 e. The van der Waals surface area contributed by atoms with Gasteiger partial charge in [-0.3, -0.25) is 9.59 Å². The molecule has 1 aliphatic heterocycles. The number of benzene rings is 1. The Labute approximate surface area is 125 Å². The average molecular weight is 289 g/mol. The van der Waals surface area contributed by atoms with Gasteiger partial charge in [-0.1, -0.05) is 44.2 Å². The summed E-state index contributed by atoms with van der Waals surface area (Å²) in [4.78, 5) is 25.9. The van der Waals surface area contributed by atoms with E-state index in [0.29, 0.717) is 19.5 Å². The van der Waals surface area contributed by atoms with Gasteiger partial charge in [-0.05, 0) is 24.8 Å². The molecule has 4 heteroatoms. The zero-order valence-electron chi connectivity index (χ0n) is 12.9. The number of carbonyl (C=O) groups excluding carboxylic acids is 1. The summed E-state index contributed by atoms with van der Waals surface area (Å²) in [5, 5.41) is 9.30. The Hall–Kier alpha value is -1.84. The Morgan fingerprint density at radius 2 is 1.86 bits per heavy atom. The molecule has 1 aromatic rings. The third-order valence-corrected chi connectivity index (χ3v) is 4.39. The predicted molar refractivity (Wildman–Crippen MR) is 81.0 cm³/mol. The summed E-state index contributed by atoms with van der Waals surface area (Å²) in [7, 11) is 0. The zero-order valence-corrected chi connectivity index (χ0v) is 12.9. The van der Waals surface area contributed by atoms with Crippen LogP contribution in [-0.2, 0) is 9.59 Å². The van der Waals surface area contributed by atoms with Crippen LogP contribution in [0.4, 0.5) is 0 Å². The quantitative estimate of drug-likeness (QED) is 0.927. The van der Waals surface area contributed by atoms with Crippen molar-refractivity contribution in [3.05, 3.63) is 35.9 Å². The largest absolute Gasteiger partial charge is 0.481 e. The first-order valence-electron chi connectivity index (χ1n) is 7.42. The molecule has 4 nitrogen and oxygen atoms in total. The van der Waals surface area contributed by atoms with Crippen LogP contribution < -0.4 is 0 Å². The Bertz CT molecular complexity index is 526. The van der Waals surface area contributed by atoms with E-state index in [4.69, 9.17) is 0 Å². The van der Waals surface area contributed by atoms with Crippen LogP contribution in [0.5, 0.6) is 0 Å². The minimum atomic E-state index is -0.821. The Balaban J connectivity index is 2.20. The van der Waals surface area contributed by atoms with Crippen molar-refractivity contribution < 1.29 is 14.7 Å². The molecule has 1 saturated heterocycles. The molecule has 1 aliphatic rings. The van der Waals surface area contributed by atoms with Crippen molar-refractivity contribution in [3.63, 3.8) is 0 Å². The second-order valence-electron chi connectivity index (χ2n) is 6.51. The fourth-order valence-corrected chi connectivity index (χ4v) is 2.99. The van der Waals surface area contributed by atoms with Gasteiger partial charge in [0.2, 0.25) is 5.91 Å². The number of rotatable bonds is 4. The van der Waals surface area contributed by atoms with E-state index >= 15 is 0 Å². The second kappa shape index (κ2) is 5.88. The van der Waals surface area contributed by atoms with Crippen LogP contribution in [-0.4, -0.2) is 35.0 Å². The molecule has 1 amide bonds. The van der Waals surface area contributed by atoms with Crippen LogP contribution in [0.3, 0.4) is 0 Å². The number of carboxylic acid groups (broad SMARTS) is 1. The number of likely N-dealkylation sites (tertiary alicyclic amines) is 1. The van der Waals surface area contributed by atoms with Crippen LogP contribution in [0.15, 0.2) is 30.3 Å². The average Bonchev–Trinajstić information content (AvgIpc) is 2.84. The summed E-state index contributed by atoms with van der Waals surface area (Å²) in [6.07, 6.45) is 0.522. The van der Waals surface area contributed by atoms with Crippen molar-refractivity contribution in [3.8, 4) is 0 Å². The first-order chi connectivity index (χ1) is 9.85. The summed E-state index contributed by atoms with van der Waals surface area (Å²) in [6, 6.07) is 9.74. The molecule has 21 heavy (non-hydrogen) atoms. The first kappa shape index (κ1) is 15.5. The van der Waals surface area contributed by atoms with Crippen LogP contribution in [0, 0.1) is 11.3 Å². The highest BCUT2D eigenvalue weighted by Crippen LogP contribution is 2.34. The Kier molecular flexibility index (Phi) is 4.35. The van der Waals surface area contributed by atoms with E-state index in [2.05, 4.69) is 0 Å². The van der Waals surface area contributed by atoms with Gasteiger partial charge in [0.1, 0.15) is 0 Å². The fourth-order valence-electron chi connectivity index (χ4n) is 2.99. The zero-order chi connectivity index (χ0) is 15.6. The minimum absolute atomic E-state index is 0.0428. The number of hydrogen-bond acceptors (Lipinski definition) is 2. The topological polar surface area (TPSA) is 57.6 Å². The number of hydrogen-bond donors (Lipinski definition) is 1. The van der Waals surface area contributed by atoms with E-state index in [1.165, 1.54) is 0 Å². The third-order valence-electron chi connectivity index (χ3n) is 4.39. The van der Waals surface area contributed by atoms with Gasteiger partial charge in [-0.15, -0.1) is 0 Å². The summed E-state index contributed by atoms with van der Waals surface area (Å²) in [5.74, 6) is -0.807. The Morgan fingerprint density at radius 3 is 2.33 bits per heavy atom. The van der Waals surface area contributed by atoms with E-state index in [9.17, 15) is 14.7 Å². The number of amides is 1. The van der Waals surface area contributed by atoms with Crippen LogP contribution >= 0.6 is 0 Å². The monoisotopic (exact) mass is 289 g/mol. The second-order valence-corrected chi connectivity index (χ2v) is 6.51. The Morgan fingerprint density at radius 1 is 1.24 bits per heavy atom. The molecule has 1 fully saturated rings. The summed E-state index contributed by atoms with van der Waals surface area (Å²) >= 11 is 0. The maximum absolute atomic E-state index is 12.8. The van der Waals surface area contributed by atoms with Crippen molar-refractivity contribution in [2.75, 3.05) is 13.1 Å². The molecule has 114 valence electrons. The number of carbonyl (C=O) groups is 2. The van der Waals surface area contributed by atoms with E-state index in [0.717, 1.165) is 5.56 Å². The molecular formula is C17H23NO3. The number of aliphatic carboxylic acids is 1. The molecule has 0 aliphatic carbocycles. The molecule has 2 unspecified atom stereocenters. The van der Waals surface area contributed by atoms with Crippen molar-refractivity contribution in [1.29, 1.82) is 0 Å². The lowest BCUT2D eigenvalue weighted by Gasteiger charge is -2.27. The van der Waals surface area contributed by atoms with E-state index in [-0.39, 0.29) is 17.7 Å². The van der Waals surface area contributed by atoms with Crippen molar-refractivity contribution in [2.24, 2.45) is 11.3 Å². The highest BCUT2D eigenvalue weighted by atomic mass is 16.4. The van der Waals surface area contributed by atoms with E-state index in [1.54, 1.807) is 11.8 Å². The molecule has 0 saturated carbocycles. The molecule has 1 heterocycles. The molecule has 0 spiro atoms. The predicted octanol–water partition coefficient (Wildman–Crippen LogP) is 2.75. The molecule has 1 aromatic carbocycles. The smallest absolute Gasteiger partial charge is 0.311 e. The molecule has 2 atom stereocenters. The van der Waals surface area contributed by atoms with Crippen LogP contribution in [0.1, 0.15) is 38.7 Å². The van der Waals surface area contributed by atoms with Gasteiger partial charge in [-0.2, -0.15) is 0 Å². The first-order valence-corrected chi connectivity index (χ1v) is 7.42. The third kappa shape index (κ3) is 3.09. The van der Waals surface area contributed by atoms with Crippen LogP contribution in [0.2, 0.25) is 0 Å². The van der Waals surface area contributed by atoms with Crippen molar-refractivity contribution >= 4 is 11.9 Å².